The van der Waals surface area contributed by atoms with Crippen LogP contribution in [0.2, 0.25) is 0 Å². The van der Waals surface area contributed by atoms with Crippen molar-refractivity contribution in [2.24, 2.45) is 11.5 Å². The highest BCUT2D eigenvalue weighted by Crippen LogP contribution is 2.35. The number of carbonyl (C=O) groups is 1. The number of anilines is 3. The zero-order valence-corrected chi connectivity index (χ0v) is 15.9. The number of pyridine rings is 1. The van der Waals surface area contributed by atoms with Crippen LogP contribution < -0.4 is 22.1 Å². The highest BCUT2D eigenvalue weighted by atomic mass is 16.1. The van der Waals surface area contributed by atoms with Gasteiger partial charge in [-0.3, -0.25) is 4.79 Å². The standard InChI is InChI=1S/C20H27N7O/c21-13-7-1-2-8-15(13)24-18-11-16(19(20(22)28)27-26-18)25-17-10-4-9-14(23-17)12-5-3-6-12/h4,9-13,15H,1-3,5-8,21H2,(H2,22,28)(H2,23,24,25,26)/t13-,15+/m0/s1. The van der Waals surface area contributed by atoms with Crippen LogP contribution in [0.3, 0.4) is 0 Å². The van der Waals surface area contributed by atoms with Crippen molar-refractivity contribution in [1.29, 1.82) is 0 Å². The number of hydrogen-bond donors (Lipinski definition) is 4. The van der Waals surface area contributed by atoms with Crippen molar-refractivity contribution >= 4 is 23.2 Å². The number of nitrogens with zero attached hydrogens (tertiary/aromatic N) is 3. The normalized spacial score (nSPS) is 22.3. The molecule has 2 atom stereocenters. The molecule has 4 rings (SSSR count). The molecular weight excluding hydrogens is 354 g/mol. The van der Waals surface area contributed by atoms with Crippen LogP contribution in [0.5, 0.6) is 0 Å². The molecule has 0 aromatic carbocycles. The Morgan fingerprint density at radius 3 is 2.57 bits per heavy atom. The molecule has 28 heavy (non-hydrogen) atoms. The van der Waals surface area contributed by atoms with E-state index in [1.807, 2.05) is 18.2 Å². The monoisotopic (exact) mass is 381 g/mol. The van der Waals surface area contributed by atoms with E-state index in [0.29, 0.717) is 23.2 Å². The zero-order valence-electron chi connectivity index (χ0n) is 15.9. The first kappa shape index (κ1) is 18.6. The highest BCUT2D eigenvalue weighted by molar-refractivity contribution is 5.97. The molecule has 0 spiro atoms. The zero-order chi connectivity index (χ0) is 19.5. The smallest absolute Gasteiger partial charge is 0.271 e. The van der Waals surface area contributed by atoms with Crippen LogP contribution in [0.4, 0.5) is 17.3 Å². The maximum Gasteiger partial charge on any atom is 0.271 e. The number of nitrogens with two attached hydrogens (primary N) is 2. The molecule has 1 amide bonds. The molecule has 0 aliphatic heterocycles. The molecular formula is C20H27N7O. The van der Waals surface area contributed by atoms with Crippen LogP contribution in [0.15, 0.2) is 24.3 Å². The summed E-state index contributed by atoms with van der Waals surface area (Å²) in [7, 11) is 0. The van der Waals surface area contributed by atoms with Gasteiger partial charge in [-0.2, -0.15) is 0 Å². The summed E-state index contributed by atoms with van der Waals surface area (Å²) >= 11 is 0. The topological polar surface area (TPSA) is 132 Å². The van der Waals surface area contributed by atoms with Gasteiger partial charge in [0.1, 0.15) is 5.82 Å². The molecule has 8 heteroatoms. The van der Waals surface area contributed by atoms with Crippen molar-refractivity contribution in [2.45, 2.75) is 62.9 Å². The lowest BCUT2D eigenvalue weighted by Gasteiger charge is -2.29. The summed E-state index contributed by atoms with van der Waals surface area (Å²) in [4.78, 5) is 16.5. The molecule has 0 unspecified atom stereocenters. The fourth-order valence-electron chi connectivity index (χ4n) is 3.86. The van der Waals surface area contributed by atoms with E-state index in [9.17, 15) is 4.79 Å². The van der Waals surface area contributed by atoms with Gasteiger partial charge in [0.2, 0.25) is 0 Å². The molecule has 148 valence electrons. The van der Waals surface area contributed by atoms with Crippen LogP contribution >= 0.6 is 0 Å². The molecule has 0 saturated heterocycles. The molecule has 2 aromatic rings. The van der Waals surface area contributed by atoms with Gasteiger partial charge < -0.3 is 22.1 Å². The fraction of sp³-hybridized carbons (Fsp3) is 0.500. The number of carbonyl (C=O) groups excluding carboxylic acids is 1. The summed E-state index contributed by atoms with van der Waals surface area (Å²) in [5.74, 6) is 1.13. The lowest BCUT2D eigenvalue weighted by Crippen LogP contribution is -2.42. The summed E-state index contributed by atoms with van der Waals surface area (Å²) in [6.07, 6.45) is 7.89. The number of rotatable bonds is 6. The van der Waals surface area contributed by atoms with Crippen LogP contribution in [-0.4, -0.2) is 33.2 Å². The third-order valence-electron chi connectivity index (χ3n) is 5.74. The maximum atomic E-state index is 11.8. The maximum absolute atomic E-state index is 11.8. The van der Waals surface area contributed by atoms with E-state index in [2.05, 4.69) is 20.8 Å². The molecule has 0 bridgehead atoms. The van der Waals surface area contributed by atoms with Crippen molar-refractivity contribution in [1.82, 2.24) is 15.2 Å². The van der Waals surface area contributed by atoms with E-state index in [0.717, 1.165) is 31.4 Å². The minimum Gasteiger partial charge on any atom is -0.364 e. The van der Waals surface area contributed by atoms with Gasteiger partial charge in [0, 0.05) is 29.8 Å². The molecule has 0 radical (unpaired) electrons. The number of hydrogen-bond acceptors (Lipinski definition) is 7. The van der Waals surface area contributed by atoms with Crippen molar-refractivity contribution in [3.63, 3.8) is 0 Å². The Balaban J connectivity index is 1.56. The third kappa shape index (κ3) is 4.06. The summed E-state index contributed by atoms with van der Waals surface area (Å²) in [5, 5.41) is 14.7. The minimum absolute atomic E-state index is 0.0867. The summed E-state index contributed by atoms with van der Waals surface area (Å²) in [5.41, 5.74) is 13.4. The van der Waals surface area contributed by atoms with E-state index in [-0.39, 0.29) is 17.8 Å². The van der Waals surface area contributed by atoms with Gasteiger partial charge in [-0.1, -0.05) is 25.3 Å². The quantitative estimate of drug-likeness (QED) is 0.605. The molecule has 2 heterocycles. The Hall–Kier alpha value is -2.74. The van der Waals surface area contributed by atoms with E-state index >= 15 is 0 Å². The second kappa shape index (κ2) is 8.10. The van der Waals surface area contributed by atoms with E-state index < -0.39 is 5.91 Å². The number of aromatic nitrogens is 3. The molecule has 2 aliphatic carbocycles. The van der Waals surface area contributed by atoms with Gasteiger partial charge in [0.25, 0.3) is 5.91 Å². The summed E-state index contributed by atoms with van der Waals surface area (Å²) < 4.78 is 0. The van der Waals surface area contributed by atoms with Crippen molar-refractivity contribution in [2.75, 3.05) is 10.6 Å². The Morgan fingerprint density at radius 1 is 1.04 bits per heavy atom. The van der Waals surface area contributed by atoms with Gasteiger partial charge >= 0.3 is 0 Å². The molecule has 2 fully saturated rings. The van der Waals surface area contributed by atoms with Gasteiger partial charge in [-0.25, -0.2) is 4.98 Å². The predicted molar refractivity (Wildman–Crippen MR) is 109 cm³/mol. The average Bonchev–Trinajstić information content (AvgIpc) is 2.62. The molecule has 8 nitrogen and oxygen atoms in total. The van der Waals surface area contributed by atoms with Crippen LogP contribution in [0.1, 0.15) is 67.0 Å². The lowest BCUT2D eigenvalue weighted by atomic mass is 9.83. The third-order valence-corrected chi connectivity index (χ3v) is 5.74. The first-order chi connectivity index (χ1) is 13.6. The van der Waals surface area contributed by atoms with Crippen LogP contribution in [0, 0.1) is 0 Å². The summed E-state index contributed by atoms with van der Waals surface area (Å²) in [6, 6.07) is 7.89. The van der Waals surface area contributed by atoms with Gasteiger partial charge in [0.05, 0.1) is 5.69 Å². The molecule has 2 saturated carbocycles. The average molecular weight is 381 g/mol. The highest BCUT2D eigenvalue weighted by Gasteiger charge is 2.23. The minimum atomic E-state index is -0.633. The second-order valence-corrected chi connectivity index (χ2v) is 7.76. The molecule has 2 aromatic heterocycles. The Morgan fingerprint density at radius 2 is 1.86 bits per heavy atom. The van der Waals surface area contributed by atoms with Crippen molar-refractivity contribution in [3.05, 3.63) is 35.7 Å². The first-order valence-electron chi connectivity index (χ1n) is 10.0. The first-order valence-corrected chi connectivity index (χ1v) is 10.0. The largest absolute Gasteiger partial charge is 0.364 e. The van der Waals surface area contributed by atoms with E-state index in [4.69, 9.17) is 16.5 Å². The van der Waals surface area contributed by atoms with E-state index in [1.54, 1.807) is 6.07 Å². The van der Waals surface area contributed by atoms with Crippen molar-refractivity contribution in [3.8, 4) is 0 Å². The SMILES string of the molecule is NC(=O)c1nnc(N[C@@H]2CCCC[C@@H]2N)cc1Nc1cccc(C2CCC2)n1. The van der Waals surface area contributed by atoms with Gasteiger partial charge in [-0.15, -0.1) is 10.2 Å². The van der Waals surface area contributed by atoms with Gasteiger partial charge in [-0.05, 0) is 37.8 Å². The summed E-state index contributed by atoms with van der Waals surface area (Å²) in [6.45, 7) is 0. The van der Waals surface area contributed by atoms with Crippen LogP contribution in [-0.2, 0) is 0 Å². The lowest BCUT2D eigenvalue weighted by molar-refractivity contribution is 0.0995. The van der Waals surface area contributed by atoms with E-state index in [1.165, 1.54) is 19.3 Å². The fourth-order valence-corrected chi connectivity index (χ4v) is 3.86. The Bertz CT molecular complexity index is 852. The van der Waals surface area contributed by atoms with Crippen LogP contribution in [0.25, 0.3) is 0 Å². The predicted octanol–water partition coefficient (Wildman–Crippen LogP) is 2.66. The number of amides is 1. The number of primary amides is 1. The second-order valence-electron chi connectivity index (χ2n) is 7.76. The Labute approximate surface area is 164 Å². The number of nitrogens with one attached hydrogen (secondary N) is 2. The Kier molecular flexibility index (Phi) is 5.38. The molecule has 6 N–H and O–H groups in total. The van der Waals surface area contributed by atoms with Gasteiger partial charge in [0.15, 0.2) is 11.5 Å². The molecule has 2 aliphatic rings. The van der Waals surface area contributed by atoms with Crippen molar-refractivity contribution < 1.29 is 4.79 Å².